The molecule has 0 aliphatic carbocycles. The van der Waals surface area contributed by atoms with Gasteiger partial charge in [-0.2, -0.15) is 0 Å². The van der Waals surface area contributed by atoms with Gasteiger partial charge in [0.15, 0.2) is 0 Å². The molecule has 0 unspecified atom stereocenters. The second kappa shape index (κ2) is 7.75. The van der Waals surface area contributed by atoms with Gasteiger partial charge in [0.1, 0.15) is 22.3 Å². The van der Waals surface area contributed by atoms with E-state index in [-0.39, 0.29) is 0 Å². The second-order valence-electron chi connectivity index (χ2n) is 11.6. The van der Waals surface area contributed by atoms with Crippen LogP contribution in [0, 0.1) is 0 Å². The summed E-state index contributed by atoms with van der Waals surface area (Å²) < 4.78 is 26.0. The summed E-state index contributed by atoms with van der Waals surface area (Å²) in [5.74, 6) is 0. The molecule has 0 atom stereocenters. The Kier molecular flexibility index (Phi) is 4.55. The molecule has 0 amide bonds. The molecule has 4 nitrogen and oxygen atoms in total. The fourth-order valence-corrected chi connectivity index (χ4v) is 5.93. The first kappa shape index (κ1) is 22.9. The highest BCUT2D eigenvalue weighted by molar-refractivity contribution is 6.68. The number of hydrogen-bond acceptors (Lipinski definition) is 4. The summed E-state index contributed by atoms with van der Waals surface area (Å²) >= 11 is 0. The summed E-state index contributed by atoms with van der Waals surface area (Å²) in [6, 6.07) is 31.5. The van der Waals surface area contributed by atoms with Crippen molar-refractivity contribution in [2.45, 2.75) is 38.9 Å². The maximum atomic E-state index is 6.67. The van der Waals surface area contributed by atoms with Crippen LogP contribution in [0.25, 0.3) is 65.8 Å². The maximum absolute atomic E-state index is 6.67. The van der Waals surface area contributed by atoms with Gasteiger partial charge in [0.05, 0.1) is 11.2 Å². The zero-order chi connectivity index (χ0) is 26.5. The lowest BCUT2D eigenvalue weighted by atomic mass is 9.72. The minimum atomic E-state index is -0.563. The Balaban J connectivity index is 1.44. The minimum absolute atomic E-state index is 0.480. The van der Waals surface area contributed by atoms with Crippen molar-refractivity contribution >= 4 is 67.2 Å². The average molecular weight is 510 g/mol. The van der Waals surface area contributed by atoms with E-state index in [1.165, 1.54) is 5.39 Å². The van der Waals surface area contributed by atoms with Crippen LogP contribution in [0.5, 0.6) is 0 Å². The van der Waals surface area contributed by atoms with Crippen LogP contribution in [-0.2, 0) is 9.31 Å². The van der Waals surface area contributed by atoms with E-state index >= 15 is 0 Å². The molecule has 1 aliphatic heterocycles. The van der Waals surface area contributed by atoms with Crippen molar-refractivity contribution in [2.24, 2.45) is 0 Å². The Morgan fingerprint density at radius 1 is 0.538 bits per heavy atom. The Hall–Kier alpha value is -4.06. The third kappa shape index (κ3) is 3.27. The van der Waals surface area contributed by atoms with Crippen molar-refractivity contribution in [2.75, 3.05) is 0 Å². The van der Waals surface area contributed by atoms with Gasteiger partial charge in [-0.15, -0.1) is 0 Å². The molecule has 5 aromatic carbocycles. The maximum Gasteiger partial charge on any atom is 0.496 e. The van der Waals surface area contributed by atoms with Gasteiger partial charge < -0.3 is 18.1 Å². The number of fused-ring (bicyclic) bond motifs is 7. The average Bonchev–Trinajstić information content (AvgIpc) is 3.54. The molecular formula is C34H27BO4. The minimum Gasteiger partial charge on any atom is -0.456 e. The number of hydrogen-bond donors (Lipinski definition) is 0. The van der Waals surface area contributed by atoms with E-state index in [0.717, 1.165) is 65.9 Å². The van der Waals surface area contributed by atoms with E-state index in [1.54, 1.807) is 0 Å². The first-order valence-electron chi connectivity index (χ1n) is 13.4. The van der Waals surface area contributed by atoms with Crippen molar-refractivity contribution in [1.29, 1.82) is 0 Å². The lowest BCUT2D eigenvalue weighted by molar-refractivity contribution is 0.00578. The molecule has 2 aromatic heterocycles. The highest BCUT2D eigenvalue weighted by Gasteiger charge is 2.53. The quantitative estimate of drug-likeness (QED) is 0.219. The van der Waals surface area contributed by atoms with Crippen molar-refractivity contribution in [3.8, 4) is 11.1 Å². The molecule has 0 saturated carbocycles. The van der Waals surface area contributed by atoms with E-state index in [1.807, 2.05) is 18.2 Å². The van der Waals surface area contributed by atoms with Crippen LogP contribution in [0.4, 0.5) is 0 Å². The molecule has 8 rings (SSSR count). The summed E-state index contributed by atoms with van der Waals surface area (Å²) in [6.45, 7) is 8.37. The number of benzene rings is 5. The lowest BCUT2D eigenvalue weighted by Crippen LogP contribution is -2.41. The van der Waals surface area contributed by atoms with Crippen LogP contribution >= 0.6 is 0 Å². The number of rotatable bonds is 2. The molecule has 0 radical (unpaired) electrons. The normalized spacial score (nSPS) is 16.9. The Bertz CT molecular complexity index is 2080. The molecule has 0 spiro atoms. The van der Waals surface area contributed by atoms with E-state index in [4.69, 9.17) is 18.1 Å². The largest absolute Gasteiger partial charge is 0.496 e. The van der Waals surface area contributed by atoms with E-state index in [0.29, 0.717) is 0 Å². The van der Waals surface area contributed by atoms with Crippen LogP contribution in [0.3, 0.4) is 0 Å². The molecule has 1 fully saturated rings. The van der Waals surface area contributed by atoms with Gasteiger partial charge in [-0.1, -0.05) is 54.6 Å². The SMILES string of the molecule is CC1(C)OB(c2c(-c3ccc4c(c3)oc3ccccc34)ccc3oc4cc5ccccc5cc4c23)OC1(C)C. The van der Waals surface area contributed by atoms with Crippen molar-refractivity contribution in [3.63, 3.8) is 0 Å². The van der Waals surface area contributed by atoms with Gasteiger partial charge in [-0.3, -0.25) is 0 Å². The van der Waals surface area contributed by atoms with E-state index < -0.39 is 18.3 Å². The van der Waals surface area contributed by atoms with Gasteiger partial charge in [-0.05, 0) is 86.0 Å². The van der Waals surface area contributed by atoms with Gasteiger partial charge in [0.25, 0.3) is 0 Å². The van der Waals surface area contributed by atoms with E-state index in [9.17, 15) is 0 Å². The monoisotopic (exact) mass is 510 g/mol. The number of para-hydroxylation sites is 1. The first-order chi connectivity index (χ1) is 18.8. The fourth-order valence-electron chi connectivity index (χ4n) is 5.93. The zero-order valence-electron chi connectivity index (χ0n) is 22.4. The van der Waals surface area contributed by atoms with Gasteiger partial charge in [0, 0.05) is 27.0 Å². The van der Waals surface area contributed by atoms with E-state index in [2.05, 4.69) is 100 Å². The molecule has 7 aromatic rings. The second-order valence-corrected chi connectivity index (χ2v) is 11.6. The standard InChI is InChI=1S/C34H27BO4/c1-33(2)34(3,4)39-35(38-33)32-23(22-13-14-25-24-11-7-8-12-27(24)36-29(25)19-22)15-16-28-31(32)26-17-20-9-5-6-10-21(20)18-30(26)37-28/h5-19H,1-4H3. The summed E-state index contributed by atoms with van der Waals surface area (Å²) in [4.78, 5) is 0. The molecule has 3 heterocycles. The van der Waals surface area contributed by atoms with Gasteiger partial charge in [-0.25, -0.2) is 0 Å². The molecular weight excluding hydrogens is 483 g/mol. The first-order valence-corrected chi connectivity index (χ1v) is 13.4. The highest BCUT2D eigenvalue weighted by Crippen LogP contribution is 2.41. The predicted octanol–water partition coefficient (Wildman–Crippen LogP) is 8.60. The topological polar surface area (TPSA) is 44.7 Å². The van der Waals surface area contributed by atoms with Crippen LogP contribution in [0.15, 0.2) is 99.8 Å². The Labute approximate surface area is 226 Å². The smallest absolute Gasteiger partial charge is 0.456 e. The van der Waals surface area contributed by atoms with Gasteiger partial charge in [0.2, 0.25) is 0 Å². The molecule has 0 N–H and O–H groups in total. The van der Waals surface area contributed by atoms with Crippen molar-refractivity contribution in [3.05, 3.63) is 91.0 Å². The molecule has 190 valence electrons. The predicted molar refractivity (Wildman–Crippen MR) is 160 cm³/mol. The highest BCUT2D eigenvalue weighted by atomic mass is 16.7. The van der Waals surface area contributed by atoms with Crippen molar-refractivity contribution < 1.29 is 18.1 Å². The molecule has 1 saturated heterocycles. The molecule has 39 heavy (non-hydrogen) atoms. The van der Waals surface area contributed by atoms with Crippen LogP contribution in [-0.4, -0.2) is 18.3 Å². The molecule has 1 aliphatic rings. The van der Waals surface area contributed by atoms with Crippen LogP contribution in [0.1, 0.15) is 27.7 Å². The van der Waals surface area contributed by atoms with Crippen LogP contribution in [0.2, 0.25) is 0 Å². The Morgan fingerprint density at radius 3 is 1.97 bits per heavy atom. The Morgan fingerprint density at radius 2 is 1.18 bits per heavy atom. The third-order valence-electron chi connectivity index (χ3n) is 8.72. The summed E-state index contributed by atoms with van der Waals surface area (Å²) in [7, 11) is -0.563. The summed E-state index contributed by atoms with van der Waals surface area (Å²) in [5, 5.41) is 6.62. The van der Waals surface area contributed by atoms with Gasteiger partial charge >= 0.3 is 7.12 Å². The van der Waals surface area contributed by atoms with Crippen molar-refractivity contribution in [1.82, 2.24) is 0 Å². The summed E-state index contributed by atoms with van der Waals surface area (Å²) in [6.07, 6.45) is 0. The lowest BCUT2D eigenvalue weighted by Gasteiger charge is -2.32. The fraction of sp³-hybridized carbons (Fsp3) is 0.176. The zero-order valence-corrected chi connectivity index (χ0v) is 22.4. The molecule has 5 heteroatoms. The third-order valence-corrected chi connectivity index (χ3v) is 8.72. The summed E-state index contributed by atoms with van der Waals surface area (Å²) in [5.41, 5.74) is 5.52. The molecule has 0 bridgehead atoms. The number of furan rings is 2. The van der Waals surface area contributed by atoms with Crippen LogP contribution < -0.4 is 5.46 Å².